The number of anilines is 1. The van der Waals surface area contributed by atoms with Gasteiger partial charge in [0.15, 0.2) is 0 Å². The molecule has 26 heavy (non-hydrogen) atoms. The zero-order chi connectivity index (χ0) is 17.8. The van der Waals surface area contributed by atoms with Crippen molar-refractivity contribution in [3.63, 3.8) is 0 Å². The van der Waals surface area contributed by atoms with E-state index in [1.54, 1.807) is 0 Å². The highest BCUT2D eigenvalue weighted by Crippen LogP contribution is 2.21. The largest absolute Gasteiger partial charge is 0.349 e. The molecule has 3 rings (SSSR count). The first kappa shape index (κ1) is 20.5. The van der Waals surface area contributed by atoms with Gasteiger partial charge in [0, 0.05) is 23.7 Å². The Morgan fingerprint density at radius 1 is 1.15 bits per heavy atom. The number of rotatable bonds is 5. The summed E-state index contributed by atoms with van der Waals surface area (Å²) in [6, 6.07) is 8.17. The van der Waals surface area contributed by atoms with Gasteiger partial charge in [0.1, 0.15) is 0 Å². The molecule has 7 heteroatoms. The van der Waals surface area contributed by atoms with Crippen molar-refractivity contribution in [1.82, 2.24) is 16.0 Å². The Morgan fingerprint density at radius 3 is 2.46 bits per heavy atom. The minimum atomic E-state index is -0.156. The second-order valence-electron chi connectivity index (χ2n) is 7.30. The monoisotopic (exact) mass is 380 g/mol. The number of nitrogens with one attached hydrogen (secondary N) is 4. The van der Waals surface area contributed by atoms with Crippen molar-refractivity contribution in [1.29, 1.82) is 0 Å². The van der Waals surface area contributed by atoms with Crippen LogP contribution in [0.3, 0.4) is 0 Å². The lowest BCUT2D eigenvalue weighted by Crippen LogP contribution is -2.42. The van der Waals surface area contributed by atoms with Gasteiger partial charge in [-0.25, -0.2) is 4.79 Å². The van der Waals surface area contributed by atoms with Crippen LogP contribution in [0.4, 0.5) is 10.5 Å². The van der Waals surface area contributed by atoms with Crippen LogP contribution in [0.5, 0.6) is 0 Å². The van der Waals surface area contributed by atoms with Crippen LogP contribution in [0.15, 0.2) is 24.3 Å². The zero-order valence-electron chi connectivity index (χ0n) is 15.4. The standard InChI is InChI=1S/C19H28N4O2.ClH/c1-12-11-15(9-10-20-12)18(24)21-13(2)14-3-5-16(6-4-14)22-19(25)23-17-7-8-17;/h3-6,12-13,15,17,20H,7-11H2,1-2H3,(H,21,24)(H2,22,23,25);1H/t12-,13?,15-;/m0./s1. The van der Waals surface area contributed by atoms with Crippen molar-refractivity contribution in [3.8, 4) is 0 Å². The van der Waals surface area contributed by atoms with Crippen LogP contribution in [-0.2, 0) is 4.79 Å². The van der Waals surface area contributed by atoms with E-state index < -0.39 is 0 Å². The summed E-state index contributed by atoms with van der Waals surface area (Å²) < 4.78 is 0. The summed E-state index contributed by atoms with van der Waals surface area (Å²) in [5.41, 5.74) is 1.79. The van der Waals surface area contributed by atoms with E-state index in [4.69, 9.17) is 0 Å². The van der Waals surface area contributed by atoms with Crippen LogP contribution in [0.2, 0.25) is 0 Å². The van der Waals surface area contributed by atoms with Crippen molar-refractivity contribution in [2.24, 2.45) is 5.92 Å². The van der Waals surface area contributed by atoms with Gasteiger partial charge in [-0.2, -0.15) is 0 Å². The molecule has 1 aromatic rings. The number of benzene rings is 1. The molecule has 0 spiro atoms. The normalized spacial score (nSPS) is 23.3. The first-order valence-electron chi connectivity index (χ1n) is 9.22. The van der Waals surface area contributed by atoms with Crippen LogP contribution in [0.25, 0.3) is 0 Å². The summed E-state index contributed by atoms with van der Waals surface area (Å²) in [7, 11) is 0. The minimum Gasteiger partial charge on any atom is -0.349 e. The van der Waals surface area contributed by atoms with Gasteiger partial charge in [-0.15, -0.1) is 12.4 Å². The van der Waals surface area contributed by atoms with Crippen molar-refractivity contribution in [2.45, 2.75) is 57.7 Å². The lowest BCUT2D eigenvalue weighted by atomic mass is 9.92. The summed E-state index contributed by atoms with van der Waals surface area (Å²) in [6.45, 7) is 5.01. The molecule has 1 aliphatic carbocycles. The van der Waals surface area contributed by atoms with Crippen LogP contribution in [0, 0.1) is 5.92 Å². The lowest BCUT2D eigenvalue weighted by Gasteiger charge is -2.28. The molecule has 144 valence electrons. The lowest BCUT2D eigenvalue weighted by molar-refractivity contribution is -0.126. The Bertz CT molecular complexity index is 618. The maximum absolute atomic E-state index is 12.4. The van der Waals surface area contributed by atoms with E-state index in [0.29, 0.717) is 12.1 Å². The van der Waals surface area contributed by atoms with Crippen LogP contribution >= 0.6 is 12.4 Å². The van der Waals surface area contributed by atoms with Gasteiger partial charge in [0.05, 0.1) is 6.04 Å². The highest BCUT2D eigenvalue weighted by atomic mass is 35.5. The molecular formula is C19H29ClN4O2. The maximum Gasteiger partial charge on any atom is 0.319 e. The number of carbonyl (C=O) groups is 2. The van der Waals surface area contributed by atoms with Gasteiger partial charge in [0.2, 0.25) is 5.91 Å². The molecular weight excluding hydrogens is 352 g/mol. The number of carbonyl (C=O) groups excluding carboxylic acids is 2. The molecule has 2 aliphatic rings. The molecule has 4 N–H and O–H groups in total. The van der Waals surface area contributed by atoms with Crippen LogP contribution in [0.1, 0.15) is 51.1 Å². The van der Waals surface area contributed by atoms with E-state index in [2.05, 4.69) is 28.2 Å². The molecule has 0 bridgehead atoms. The highest BCUT2D eigenvalue weighted by molar-refractivity contribution is 5.89. The Hall–Kier alpha value is -1.79. The average Bonchev–Trinajstić information content (AvgIpc) is 3.39. The van der Waals surface area contributed by atoms with E-state index in [1.807, 2.05) is 31.2 Å². The Labute approximate surface area is 161 Å². The van der Waals surface area contributed by atoms with Crippen molar-refractivity contribution < 1.29 is 9.59 Å². The Balaban J connectivity index is 0.00000243. The van der Waals surface area contributed by atoms with Crippen LogP contribution in [-0.4, -0.2) is 30.6 Å². The quantitative estimate of drug-likeness (QED) is 0.633. The molecule has 0 radical (unpaired) electrons. The molecule has 1 aliphatic heterocycles. The van der Waals surface area contributed by atoms with E-state index in [1.165, 1.54) is 0 Å². The predicted octanol–water partition coefficient (Wildman–Crippen LogP) is 2.96. The third kappa shape index (κ3) is 5.88. The van der Waals surface area contributed by atoms with E-state index in [-0.39, 0.29) is 36.3 Å². The summed E-state index contributed by atoms with van der Waals surface area (Å²) >= 11 is 0. The second kappa shape index (κ2) is 9.24. The van der Waals surface area contributed by atoms with Gasteiger partial charge in [-0.1, -0.05) is 12.1 Å². The predicted molar refractivity (Wildman–Crippen MR) is 106 cm³/mol. The molecule has 1 unspecified atom stereocenters. The molecule has 0 aromatic heterocycles. The van der Waals surface area contributed by atoms with Crippen LogP contribution < -0.4 is 21.3 Å². The molecule has 3 atom stereocenters. The number of piperidine rings is 1. The van der Waals surface area contributed by atoms with E-state index >= 15 is 0 Å². The van der Waals surface area contributed by atoms with Crippen molar-refractivity contribution in [2.75, 3.05) is 11.9 Å². The fourth-order valence-corrected chi connectivity index (χ4v) is 3.22. The average molecular weight is 381 g/mol. The molecule has 1 heterocycles. The van der Waals surface area contributed by atoms with Crippen molar-refractivity contribution in [3.05, 3.63) is 29.8 Å². The Kier molecular flexibility index (Phi) is 7.29. The molecule has 2 fully saturated rings. The van der Waals surface area contributed by atoms with Gasteiger partial charge in [-0.05, 0) is 63.8 Å². The summed E-state index contributed by atoms with van der Waals surface area (Å²) in [5, 5.41) is 12.2. The van der Waals surface area contributed by atoms with E-state index in [9.17, 15) is 9.59 Å². The molecule has 6 nitrogen and oxygen atoms in total. The van der Waals surface area contributed by atoms with Gasteiger partial charge in [0.25, 0.3) is 0 Å². The first-order chi connectivity index (χ1) is 12.0. The minimum absolute atomic E-state index is 0. The molecule has 1 saturated heterocycles. The van der Waals surface area contributed by atoms with Gasteiger partial charge < -0.3 is 21.3 Å². The third-order valence-corrected chi connectivity index (χ3v) is 4.93. The topological polar surface area (TPSA) is 82.3 Å². The number of urea groups is 1. The van der Waals surface area contributed by atoms with Crippen molar-refractivity contribution >= 4 is 30.0 Å². The number of halogens is 1. The summed E-state index contributed by atoms with van der Waals surface area (Å²) in [4.78, 5) is 24.2. The molecule has 1 saturated carbocycles. The number of hydrogen-bond donors (Lipinski definition) is 4. The van der Waals surface area contributed by atoms with Gasteiger partial charge in [-0.3, -0.25) is 4.79 Å². The molecule has 3 amide bonds. The van der Waals surface area contributed by atoms with Gasteiger partial charge >= 0.3 is 6.03 Å². The fourth-order valence-electron chi connectivity index (χ4n) is 3.22. The smallest absolute Gasteiger partial charge is 0.319 e. The van der Waals surface area contributed by atoms with E-state index in [0.717, 1.165) is 43.5 Å². The maximum atomic E-state index is 12.4. The zero-order valence-corrected chi connectivity index (χ0v) is 16.2. The second-order valence-corrected chi connectivity index (χ2v) is 7.30. The third-order valence-electron chi connectivity index (χ3n) is 4.93. The summed E-state index contributed by atoms with van der Waals surface area (Å²) in [6.07, 6.45) is 3.91. The fraction of sp³-hybridized carbons (Fsp3) is 0.579. The number of amides is 3. The Morgan fingerprint density at radius 2 is 1.85 bits per heavy atom. The SMILES string of the molecule is CC(NC(=O)[C@H]1CCN[C@@H](C)C1)c1ccc(NC(=O)NC2CC2)cc1.Cl. The first-order valence-corrected chi connectivity index (χ1v) is 9.22. The molecule has 1 aromatic carbocycles. The highest BCUT2D eigenvalue weighted by Gasteiger charge is 2.26. The summed E-state index contributed by atoms with van der Waals surface area (Å²) in [5.74, 6) is 0.220. The number of hydrogen-bond acceptors (Lipinski definition) is 3.